The highest BCUT2D eigenvalue weighted by Gasteiger charge is 2.34. The van der Waals surface area contributed by atoms with E-state index in [9.17, 15) is 9.50 Å². The van der Waals surface area contributed by atoms with Crippen molar-refractivity contribution < 1.29 is 14.2 Å². The molecule has 0 bridgehead atoms. The third-order valence-corrected chi connectivity index (χ3v) is 6.34. The highest BCUT2D eigenvalue weighted by atomic mass is 19.1. The molecular weight excluding hydrogens is 449 g/mol. The van der Waals surface area contributed by atoms with Gasteiger partial charge < -0.3 is 19.7 Å². The second kappa shape index (κ2) is 8.48. The third kappa shape index (κ3) is 3.68. The minimum Gasteiger partial charge on any atom is -0.497 e. The van der Waals surface area contributed by atoms with Crippen molar-refractivity contribution in [3.05, 3.63) is 101 Å². The molecule has 0 spiro atoms. The number of hydrogen-bond donors (Lipinski definition) is 2. The van der Waals surface area contributed by atoms with Crippen LogP contribution in [0, 0.1) is 5.82 Å². The molecule has 9 nitrogen and oxygen atoms in total. The van der Waals surface area contributed by atoms with Crippen molar-refractivity contribution in [3.63, 3.8) is 0 Å². The van der Waals surface area contributed by atoms with Crippen molar-refractivity contribution in [2.45, 2.75) is 18.6 Å². The number of nitrogens with zero attached hydrogens (tertiary/aromatic N) is 6. The van der Waals surface area contributed by atoms with Gasteiger partial charge in [-0.15, -0.1) is 0 Å². The summed E-state index contributed by atoms with van der Waals surface area (Å²) in [5.41, 5.74) is 4.15. The van der Waals surface area contributed by atoms with Crippen LogP contribution in [0.15, 0.2) is 67.4 Å². The first-order chi connectivity index (χ1) is 17.1. The first kappa shape index (κ1) is 21.2. The summed E-state index contributed by atoms with van der Waals surface area (Å²) in [5, 5.41) is 15.4. The fourth-order valence-corrected chi connectivity index (χ4v) is 4.52. The molecule has 0 saturated heterocycles. The van der Waals surface area contributed by atoms with Crippen LogP contribution in [0.5, 0.6) is 5.75 Å². The van der Waals surface area contributed by atoms with Crippen LogP contribution in [-0.2, 0) is 6.42 Å². The van der Waals surface area contributed by atoms with E-state index in [1.807, 2.05) is 4.90 Å². The lowest BCUT2D eigenvalue weighted by Crippen LogP contribution is -2.37. The number of nitrogens with one attached hydrogen (secondary N) is 1. The zero-order valence-corrected chi connectivity index (χ0v) is 18.8. The average molecular weight is 471 g/mol. The average Bonchev–Trinajstić information content (AvgIpc) is 3.56. The second-order valence-electron chi connectivity index (χ2n) is 8.36. The summed E-state index contributed by atoms with van der Waals surface area (Å²) in [6.07, 6.45) is 6.48. The van der Waals surface area contributed by atoms with Gasteiger partial charge in [0, 0.05) is 42.8 Å². The van der Waals surface area contributed by atoms with Crippen LogP contribution < -0.4 is 9.64 Å². The molecule has 0 fully saturated rings. The maximum Gasteiger partial charge on any atom is 0.226 e. The van der Waals surface area contributed by atoms with Gasteiger partial charge in [0.2, 0.25) is 5.95 Å². The Labute approximate surface area is 199 Å². The van der Waals surface area contributed by atoms with E-state index in [2.05, 4.69) is 25.0 Å². The van der Waals surface area contributed by atoms with E-state index in [4.69, 9.17) is 4.74 Å². The summed E-state index contributed by atoms with van der Waals surface area (Å²) >= 11 is 0. The summed E-state index contributed by atoms with van der Waals surface area (Å²) in [6, 6.07) is 11.6. The molecule has 5 aromatic rings. The van der Waals surface area contributed by atoms with Gasteiger partial charge >= 0.3 is 0 Å². The normalized spacial score (nSPS) is 16.3. The van der Waals surface area contributed by atoms with Crippen molar-refractivity contribution in [1.29, 1.82) is 0 Å². The smallest absolute Gasteiger partial charge is 0.226 e. The van der Waals surface area contributed by atoms with Crippen molar-refractivity contribution in [2.75, 3.05) is 18.6 Å². The Morgan fingerprint density at radius 2 is 1.91 bits per heavy atom. The molecule has 5 heterocycles. The van der Waals surface area contributed by atoms with Crippen molar-refractivity contribution in [2.24, 2.45) is 0 Å². The number of aromatic nitrogens is 6. The fraction of sp³-hybridized carbons (Fsp3) is 0.200. The predicted octanol–water partition coefficient (Wildman–Crippen LogP) is 3.23. The van der Waals surface area contributed by atoms with Gasteiger partial charge in [-0.1, -0.05) is 12.1 Å². The summed E-state index contributed by atoms with van der Waals surface area (Å²) in [6.45, 7) is 0.622. The number of imidazole rings is 1. The van der Waals surface area contributed by atoms with Crippen molar-refractivity contribution in [1.82, 2.24) is 29.5 Å². The molecule has 10 heteroatoms. The third-order valence-electron chi connectivity index (χ3n) is 6.34. The Bertz CT molecular complexity index is 1480. The van der Waals surface area contributed by atoms with Crippen LogP contribution in [0.25, 0.3) is 5.52 Å². The molecule has 6 rings (SSSR count). The number of H-pyrrole nitrogens is 1. The highest BCUT2D eigenvalue weighted by molar-refractivity contribution is 5.53. The maximum atomic E-state index is 14.4. The van der Waals surface area contributed by atoms with Crippen LogP contribution in [0.3, 0.4) is 0 Å². The molecule has 176 valence electrons. The van der Waals surface area contributed by atoms with E-state index < -0.39 is 6.10 Å². The number of aromatic amines is 1. The van der Waals surface area contributed by atoms with Gasteiger partial charge in [-0.05, 0) is 35.9 Å². The summed E-state index contributed by atoms with van der Waals surface area (Å²) in [7, 11) is 1.60. The first-order valence-electron chi connectivity index (χ1n) is 11.2. The number of fused-ring (bicyclic) bond motifs is 2. The van der Waals surface area contributed by atoms with Crippen molar-refractivity contribution >= 4 is 11.5 Å². The number of pyridine rings is 1. The lowest BCUT2D eigenvalue weighted by atomic mass is 10.00. The zero-order valence-electron chi connectivity index (χ0n) is 18.8. The van der Waals surface area contributed by atoms with Gasteiger partial charge in [0.05, 0.1) is 24.8 Å². The van der Waals surface area contributed by atoms with Gasteiger partial charge in [0.1, 0.15) is 29.2 Å². The molecule has 0 saturated carbocycles. The Balaban J connectivity index is 1.34. The summed E-state index contributed by atoms with van der Waals surface area (Å²) in [5.74, 6) is 0.851. The quantitative estimate of drug-likeness (QED) is 0.406. The lowest BCUT2D eigenvalue weighted by molar-refractivity contribution is 0.219. The number of hydrogen-bond acceptors (Lipinski definition) is 7. The standard InChI is InChI=1S/C25H22FN7O2/c1-35-17-6-4-15(5-7-17)24(34)16-12-27-25(28-13-16)32-10-8-19-22(30-14-29-19)23(32)20-11-21-18(26)3-2-9-33(21)31-20/h2-7,9,11-14,23-24,34H,8,10H2,1H3,(H,29,30)/t23-,24?/m0/s1. The number of rotatable bonds is 5. The van der Waals surface area contributed by atoms with Gasteiger partial charge in [0.15, 0.2) is 0 Å². The number of ether oxygens (including phenoxy) is 1. The molecule has 4 aromatic heterocycles. The SMILES string of the molecule is COc1ccc(C(O)c2cnc(N3CCc4[nH]cnc4[C@@H]3c3cc4c(F)cccn4n3)nc2)cc1. The number of halogens is 1. The topological polar surface area (TPSA) is 104 Å². The Morgan fingerprint density at radius 3 is 2.66 bits per heavy atom. The molecule has 1 aliphatic heterocycles. The molecule has 35 heavy (non-hydrogen) atoms. The first-order valence-corrected chi connectivity index (χ1v) is 11.2. The number of anilines is 1. The van der Waals surface area contributed by atoms with E-state index >= 15 is 0 Å². The molecule has 2 atom stereocenters. The summed E-state index contributed by atoms with van der Waals surface area (Å²) in [4.78, 5) is 18.9. The van der Waals surface area contributed by atoms with Crippen LogP contribution in [0.2, 0.25) is 0 Å². The van der Waals surface area contributed by atoms with Crippen LogP contribution in [0.4, 0.5) is 10.3 Å². The molecule has 1 aromatic carbocycles. The van der Waals surface area contributed by atoms with Gasteiger partial charge in [-0.3, -0.25) is 0 Å². The molecule has 0 amide bonds. The minimum atomic E-state index is -0.869. The van der Waals surface area contributed by atoms with Crippen LogP contribution in [0.1, 0.15) is 40.4 Å². The predicted molar refractivity (Wildman–Crippen MR) is 126 cm³/mol. The van der Waals surface area contributed by atoms with E-state index in [1.54, 1.807) is 68.4 Å². The van der Waals surface area contributed by atoms with Crippen LogP contribution >= 0.6 is 0 Å². The number of methoxy groups -OCH3 is 1. The van der Waals surface area contributed by atoms with Crippen LogP contribution in [-0.4, -0.2) is 48.3 Å². The molecule has 0 radical (unpaired) electrons. The van der Waals surface area contributed by atoms with Gasteiger partial charge in [-0.2, -0.15) is 5.10 Å². The highest BCUT2D eigenvalue weighted by Crippen LogP contribution is 2.35. The maximum absolute atomic E-state index is 14.4. The fourth-order valence-electron chi connectivity index (χ4n) is 4.52. The lowest BCUT2D eigenvalue weighted by Gasteiger charge is -2.34. The number of aliphatic hydroxyl groups excluding tert-OH is 1. The van der Waals surface area contributed by atoms with Crippen molar-refractivity contribution in [3.8, 4) is 5.75 Å². The molecular formula is C25H22FN7O2. The molecule has 2 N–H and O–H groups in total. The Hall–Kier alpha value is -4.31. The monoisotopic (exact) mass is 471 g/mol. The Kier molecular flexibility index (Phi) is 5.14. The van der Waals surface area contributed by atoms with Gasteiger partial charge in [-0.25, -0.2) is 23.9 Å². The molecule has 1 unspecified atom stereocenters. The van der Waals surface area contributed by atoms with E-state index in [0.29, 0.717) is 40.6 Å². The summed E-state index contributed by atoms with van der Waals surface area (Å²) < 4.78 is 21.1. The molecule has 1 aliphatic rings. The number of benzene rings is 1. The van der Waals surface area contributed by atoms with E-state index in [-0.39, 0.29) is 11.9 Å². The second-order valence-corrected chi connectivity index (χ2v) is 8.36. The molecule has 0 aliphatic carbocycles. The number of aliphatic hydroxyl groups is 1. The van der Waals surface area contributed by atoms with E-state index in [0.717, 1.165) is 17.8 Å². The Morgan fingerprint density at radius 1 is 1.11 bits per heavy atom. The van der Waals surface area contributed by atoms with Gasteiger partial charge in [0.25, 0.3) is 0 Å². The zero-order chi connectivity index (χ0) is 23.9. The minimum absolute atomic E-state index is 0.344. The largest absolute Gasteiger partial charge is 0.497 e. The van der Waals surface area contributed by atoms with E-state index in [1.165, 1.54) is 10.6 Å².